The number of hydrogen-bond acceptors (Lipinski definition) is 2. The fourth-order valence-corrected chi connectivity index (χ4v) is 0.645. The highest BCUT2D eigenvalue weighted by Crippen LogP contribution is 1.98. The summed E-state index contributed by atoms with van der Waals surface area (Å²) in [5, 5.41) is 0. The molecule has 0 unspecified atom stereocenters. The largest absolute Gasteiger partial charge is 0.485 e. The Morgan fingerprint density at radius 2 is 2.00 bits per heavy atom. The molecule has 0 spiro atoms. The lowest BCUT2D eigenvalue weighted by Gasteiger charge is -1.91. The molecule has 1 heterocycles. The normalized spacial score (nSPS) is 20.9. The first-order valence-electron chi connectivity index (χ1n) is 2.79. The second-order valence-electron chi connectivity index (χ2n) is 1.64. The summed E-state index contributed by atoms with van der Waals surface area (Å²) >= 11 is 0. The van der Waals surface area contributed by atoms with Crippen molar-refractivity contribution in [3.8, 4) is 0 Å². The third kappa shape index (κ3) is 1.35. The Balaban J connectivity index is 2.24. The van der Waals surface area contributed by atoms with Gasteiger partial charge in [0.2, 0.25) is 0 Å². The van der Waals surface area contributed by atoms with Crippen molar-refractivity contribution in [1.82, 2.24) is 0 Å². The van der Waals surface area contributed by atoms with Crippen molar-refractivity contribution in [2.24, 2.45) is 0 Å². The molecule has 3 heteroatoms. The van der Waals surface area contributed by atoms with Gasteiger partial charge in [-0.1, -0.05) is 12.1 Å². The fourth-order valence-electron chi connectivity index (χ4n) is 0.645. The Hall–Kier alpha value is -0.275. The van der Waals surface area contributed by atoms with Crippen molar-refractivity contribution in [3.05, 3.63) is 12.1 Å². The minimum atomic E-state index is -0.0694. The van der Waals surface area contributed by atoms with Gasteiger partial charge in [-0.3, -0.25) is 0 Å². The van der Waals surface area contributed by atoms with Crippen LogP contribution in [0.2, 0.25) is 0 Å². The van der Waals surface area contributed by atoms with Crippen molar-refractivity contribution in [1.29, 1.82) is 0 Å². The zero-order valence-electron chi connectivity index (χ0n) is 4.96. The number of rotatable bonds is 1. The van der Waals surface area contributed by atoms with Crippen LogP contribution < -0.4 is 0 Å². The van der Waals surface area contributed by atoms with Crippen molar-refractivity contribution < 1.29 is 9.31 Å². The van der Waals surface area contributed by atoms with E-state index < -0.39 is 0 Å². The van der Waals surface area contributed by atoms with Gasteiger partial charge in [0.25, 0.3) is 0 Å². The van der Waals surface area contributed by atoms with E-state index in [-0.39, 0.29) is 7.12 Å². The van der Waals surface area contributed by atoms with E-state index in [4.69, 9.17) is 9.31 Å². The van der Waals surface area contributed by atoms with E-state index in [1.807, 2.05) is 19.0 Å². The molecule has 0 atom stereocenters. The maximum atomic E-state index is 5.08. The maximum absolute atomic E-state index is 5.08. The molecule has 2 nitrogen and oxygen atoms in total. The summed E-state index contributed by atoms with van der Waals surface area (Å²) in [5.74, 6) is 1.90. The molecule has 0 aliphatic carbocycles. The van der Waals surface area contributed by atoms with Gasteiger partial charge in [-0.25, -0.2) is 0 Å². The molecular formula is C5H9BO2. The van der Waals surface area contributed by atoms with Crippen molar-refractivity contribution >= 4 is 7.12 Å². The minimum Gasteiger partial charge on any atom is -0.405 e. The van der Waals surface area contributed by atoms with E-state index >= 15 is 0 Å². The molecule has 1 aliphatic rings. The van der Waals surface area contributed by atoms with Crippen LogP contribution in [0.25, 0.3) is 0 Å². The van der Waals surface area contributed by atoms with Gasteiger partial charge in [0.1, 0.15) is 0 Å². The van der Waals surface area contributed by atoms with Crippen molar-refractivity contribution in [2.45, 2.75) is 6.92 Å². The Kier molecular flexibility index (Phi) is 2.12. The molecule has 1 rings (SSSR count). The maximum Gasteiger partial charge on any atom is 0.485 e. The predicted octanol–water partition coefficient (Wildman–Crippen LogP) is 0.637. The number of hydrogen-bond donors (Lipinski definition) is 0. The summed E-state index contributed by atoms with van der Waals surface area (Å²) in [5.41, 5.74) is 0. The monoisotopic (exact) mass is 112 g/mol. The average molecular weight is 112 g/mol. The molecule has 0 aromatic rings. The average Bonchev–Trinajstić information content (AvgIpc) is 2.19. The van der Waals surface area contributed by atoms with Crippen LogP contribution in [-0.4, -0.2) is 20.3 Å². The van der Waals surface area contributed by atoms with Gasteiger partial charge in [-0.15, -0.1) is 0 Å². The van der Waals surface area contributed by atoms with Crippen LogP contribution in [0.1, 0.15) is 6.92 Å². The molecule has 0 aromatic heterocycles. The number of allylic oxidation sites excluding steroid dienone is 1. The molecule has 0 bridgehead atoms. The van der Waals surface area contributed by atoms with Crippen LogP contribution >= 0.6 is 0 Å². The zero-order chi connectivity index (χ0) is 5.82. The van der Waals surface area contributed by atoms with Gasteiger partial charge >= 0.3 is 7.12 Å². The fraction of sp³-hybridized carbons (Fsp3) is 0.600. The minimum absolute atomic E-state index is 0.0694. The second kappa shape index (κ2) is 2.90. The lowest BCUT2D eigenvalue weighted by Crippen LogP contribution is -2.09. The molecule has 0 amide bonds. The molecule has 0 saturated carbocycles. The second-order valence-corrected chi connectivity index (χ2v) is 1.64. The molecule has 1 fully saturated rings. The van der Waals surface area contributed by atoms with E-state index in [0.717, 1.165) is 13.2 Å². The first kappa shape index (κ1) is 5.85. The molecule has 1 aliphatic heterocycles. The van der Waals surface area contributed by atoms with Gasteiger partial charge in [0.15, 0.2) is 0 Å². The molecule has 0 aromatic carbocycles. The molecular weight excluding hydrogens is 103 g/mol. The van der Waals surface area contributed by atoms with E-state index in [1.165, 1.54) is 0 Å². The molecule has 44 valence electrons. The summed E-state index contributed by atoms with van der Waals surface area (Å²) in [6.07, 6.45) is 1.93. The highest BCUT2D eigenvalue weighted by molar-refractivity contribution is 6.51. The van der Waals surface area contributed by atoms with Crippen molar-refractivity contribution in [2.75, 3.05) is 13.2 Å². The third-order valence-electron chi connectivity index (χ3n) is 0.997. The van der Waals surface area contributed by atoms with Gasteiger partial charge in [-0.2, -0.15) is 0 Å². The Bertz CT molecular complexity index is 86.4. The quantitative estimate of drug-likeness (QED) is 0.463. The van der Waals surface area contributed by atoms with Crippen LogP contribution in [0, 0.1) is 0 Å². The van der Waals surface area contributed by atoms with Gasteiger partial charge in [0, 0.05) is 0 Å². The lowest BCUT2D eigenvalue weighted by atomic mass is 9.91. The first-order chi connectivity index (χ1) is 3.93. The van der Waals surface area contributed by atoms with Gasteiger partial charge in [0.05, 0.1) is 13.2 Å². The Labute approximate surface area is 49.6 Å². The zero-order valence-corrected chi connectivity index (χ0v) is 4.96. The van der Waals surface area contributed by atoms with Crippen LogP contribution in [0.5, 0.6) is 0 Å². The Morgan fingerprint density at radius 1 is 1.38 bits per heavy atom. The summed E-state index contributed by atoms with van der Waals surface area (Å²) in [4.78, 5) is 0. The summed E-state index contributed by atoms with van der Waals surface area (Å²) in [6, 6.07) is 0. The highest BCUT2D eigenvalue weighted by atomic mass is 16.6. The summed E-state index contributed by atoms with van der Waals surface area (Å²) in [6.45, 7) is 3.41. The van der Waals surface area contributed by atoms with E-state index in [1.54, 1.807) is 0 Å². The SMILES string of the molecule is C/C=C\B1OCCO1. The van der Waals surface area contributed by atoms with E-state index in [9.17, 15) is 0 Å². The summed E-state index contributed by atoms with van der Waals surface area (Å²) < 4.78 is 10.2. The molecule has 0 radical (unpaired) electrons. The highest BCUT2D eigenvalue weighted by Gasteiger charge is 2.18. The lowest BCUT2D eigenvalue weighted by molar-refractivity contribution is 0.365. The third-order valence-corrected chi connectivity index (χ3v) is 0.997. The molecule has 1 saturated heterocycles. The van der Waals surface area contributed by atoms with Gasteiger partial charge < -0.3 is 9.31 Å². The predicted molar refractivity (Wildman–Crippen MR) is 32.5 cm³/mol. The van der Waals surface area contributed by atoms with Crippen LogP contribution in [0.3, 0.4) is 0 Å². The smallest absolute Gasteiger partial charge is 0.405 e. The summed E-state index contributed by atoms with van der Waals surface area (Å²) in [7, 11) is -0.0694. The van der Waals surface area contributed by atoms with Crippen LogP contribution in [0.4, 0.5) is 0 Å². The molecule has 0 N–H and O–H groups in total. The van der Waals surface area contributed by atoms with E-state index in [0.29, 0.717) is 0 Å². The molecule has 8 heavy (non-hydrogen) atoms. The Morgan fingerprint density at radius 3 is 2.50 bits per heavy atom. The first-order valence-corrected chi connectivity index (χ1v) is 2.79. The van der Waals surface area contributed by atoms with Crippen LogP contribution in [-0.2, 0) is 9.31 Å². The van der Waals surface area contributed by atoms with Crippen LogP contribution in [0.15, 0.2) is 12.1 Å². The topological polar surface area (TPSA) is 18.5 Å². The standard InChI is InChI=1S/C5H9BO2/c1-2-3-6-7-4-5-8-6/h2-3H,4-5H2,1H3/b3-2-. The van der Waals surface area contributed by atoms with Crippen molar-refractivity contribution in [3.63, 3.8) is 0 Å². The van der Waals surface area contributed by atoms with Gasteiger partial charge in [-0.05, 0) is 6.92 Å². The van der Waals surface area contributed by atoms with E-state index in [2.05, 4.69) is 0 Å².